The van der Waals surface area contributed by atoms with E-state index in [0.29, 0.717) is 30.0 Å². The topological polar surface area (TPSA) is 73.9 Å². The molecule has 0 aliphatic carbocycles. The third kappa shape index (κ3) is 4.15. The number of esters is 1. The maximum atomic E-state index is 12.0. The van der Waals surface area contributed by atoms with Gasteiger partial charge < -0.3 is 19.5 Å². The molecule has 0 heterocycles. The minimum Gasteiger partial charge on any atom is -0.493 e. The van der Waals surface area contributed by atoms with E-state index in [-0.39, 0.29) is 18.3 Å². The monoisotopic (exact) mass is 281 g/mol. The Hall–Kier alpha value is -2.24. The quantitative estimate of drug-likeness (QED) is 0.604. The lowest BCUT2D eigenvalue weighted by atomic mass is 10.1. The smallest absolute Gasteiger partial charge is 0.305 e. The zero-order valence-corrected chi connectivity index (χ0v) is 11.9. The van der Waals surface area contributed by atoms with Crippen molar-refractivity contribution in [2.75, 3.05) is 27.9 Å². The number of hydrogen-bond donors (Lipinski definition) is 1. The van der Waals surface area contributed by atoms with Gasteiger partial charge in [-0.1, -0.05) is 6.07 Å². The molecule has 0 aliphatic rings. The van der Waals surface area contributed by atoms with Crippen molar-refractivity contribution in [2.24, 2.45) is 0 Å². The molecule has 1 rings (SSSR count). The maximum Gasteiger partial charge on any atom is 0.305 e. The fourth-order valence-electron chi connectivity index (χ4n) is 1.70. The molecule has 20 heavy (non-hydrogen) atoms. The molecule has 6 heteroatoms. The number of methoxy groups -OCH3 is 3. The lowest BCUT2D eigenvalue weighted by Gasteiger charge is -2.12. The first-order valence-electron chi connectivity index (χ1n) is 6.20. The zero-order valence-electron chi connectivity index (χ0n) is 11.9. The summed E-state index contributed by atoms with van der Waals surface area (Å²) in [5.74, 6) is 0.319. The second kappa shape index (κ2) is 8.04. The average molecular weight is 281 g/mol. The van der Waals surface area contributed by atoms with E-state index in [4.69, 9.17) is 9.47 Å². The van der Waals surface area contributed by atoms with Crippen LogP contribution in [-0.4, -0.2) is 39.8 Å². The van der Waals surface area contributed by atoms with Crippen molar-refractivity contribution in [3.63, 3.8) is 0 Å². The van der Waals surface area contributed by atoms with E-state index in [9.17, 15) is 9.59 Å². The highest BCUT2D eigenvalue weighted by Crippen LogP contribution is 2.30. The normalized spacial score (nSPS) is 9.75. The Balaban J connectivity index is 2.61. The summed E-state index contributed by atoms with van der Waals surface area (Å²) >= 11 is 0. The first-order chi connectivity index (χ1) is 9.63. The number of benzene rings is 1. The Morgan fingerprint density at radius 3 is 2.50 bits per heavy atom. The van der Waals surface area contributed by atoms with Crippen molar-refractivity contribution in [1.82, 2.24) is 5.32 Å². The van der Waals surface area contributed by atoms with Crippen molar-refractivity contribution in [1.29, 1.82) is 0 Å². The molecule has 0 aliphatic heterocycles. The summed E-state index contributed by atoms with van der Waals surface area (Å²) in [4.78, 5) is 23.0. The molecule has 0 saturated carbocycles. The molecular weight excluding hydrogens is 262 g/mol. The molecule has 1 aromatic carbocycles. The minimum atomic E-state index is -0.293. The van der Waals surface area contributed by atoms with Crippen molar-refractivity contribution >= 4 is 11.9 Å². The molecule has 0 aromatic heterocycles. The van der Waals surface area contributed by atoms with Crippen molar-refractivity contribution < 1.29 is 23.8 Å². The first kappa shape index (κ1) is 15.8. The molecular formula is C14H19NO5. The van der Waals surface area contributed by atoms with Gasteiger partial charge in [-0.3, -0.25) is 9.59 Å². The van der Waals surface area contributed by atoms with Crippen LogP contribution in [0.1, 0.15) is 23.2 Å². The lowest BCUT2D eigenvalue weighted by molar-refractivity contribution is -0.140. The molecule has 1 N–H and O–H groups in total. The molecule has 1 aromatic rings. The van der Waals surface area contributed by atoms with E-state index in [1.165, 1.54) is 21.3 Å². The third-order valence-corrected chi connectivity index (χ3v) is 2.72. The summed E-state index contributed by atoms with van der Waals surface area (Å²) in [5, 5.41) is 2.72. The highest BCUT2D eigenvalue weighted by molar-refractivity contribution is 5.97. The molecule has 0 bridgehead atoms. The number of carbonyl (C=O) groups is 2. The highest BCUT2D eigenvalue weighted by atomic mass is 16.5. The lowest BCUT2D eigenvalue weighted by Crippen LogP contribution is -2.25. The number of carbonyl (C=O) groups excluding carboxylic acids is 2. The number of para-hydroxylation sites is 1. The summed E-state index contributed by atoms with van der Waals surface area (Å²) in [6, 6.07) is 5.08. The molecule has 0 saturated heterocycles. The van der Waals surface area contributed by atoms with Crippen LogP contribution in [0, 0.1) is 0 Å². The Bertz CT molecular complexity index is 473. The molecule has 1 amide bonds. The van der Waals surface area contributed by atoms with E-state index in [2.05, 4.69) is 10.1 Å². The third-order valence-electron chi connectivity index (χ3n) is 2.72. The number of ether oxygens (including phenoxy) is 3. The van der Waals surface area contributed by atoms with Crippen LogP contribution in [0.4, 0.5) is 0 Å². The molecule has 0 atom stereocenters. The number of rotatable bonds is 7. The molecule has 0 radical (unpaired) electrons. The van der Waals surface area contributed by atoms with Crippen LogP contribution < -0.4 is 14.8 Å². The van der Waals surface area contributed by atoms with Crippen LogP contribution in [0.15, 0.2) is 18.2 Å². The van der Waals surface area contributed by atoms with E-state index in [0.717, 1.165) is 0 Å². The Morgan fingerprint density at radius 2 is 1.90 bits per heavy atom. The fourth-order valence-corrected chi connectivity index (χ4v) is 1.70. The largest absolute Gasteiger partial charge is 0.493 e. The summed E-state index contributed by atoms with van der Waals surface area (Å²) in [6.07, 6.45) is 0.788. The predicted molar refractivity (Wildman–Crippen MR) is 73.1 cm³/mol. The van der Waals surface area contributed by atoms with Gasteiger partial charge in [0.1, 0.15) is 0 Å². The van der Waals surface area contributed by atoms with E-state index < -0.39 is 0 Å². The average Bonchev–Trinajstić information content (AvgIpc) is 2.49. The summed E-state index contributed by atoms with van der Waals surface area (Å²) in [7, 11) is 4.32. The van der Waals surface area contributed by atoms with Gasteiger partial charge in [-0.05, 0) is 18.6 Å². The molecule has 0 unspecified atom stereocenters. The SMILES string of the molecule is COC(=O)CCCNC(=O)c1cccc(OC)c1OC. The van der Waals surface area contributed by atoms with Gasteiger partial charge in [-0.2, -0.15) is 0 Å². The Morgan fingerprint density at radius 1 is 1.15 bits per heavy atom. The summed E-state index contributed by atoms with van der Waals surface area (Å²) in [6.45, 7) is 0.383. The van der Waals surface area contributed by atoms with Gasteiger partial charge in [-0.15, -0.1) is 0 Å². The van der Waals surface area contributed by atoms with E-state index in [1.54, 1.807) is 18.2 Å². The first-order valence-corrected chi connectivity index (χ1v) is 6.20. The van der Waals surface area contributed by atoms with Gasteiger partial charge >= 0.3 is 5.97 Å². The van der Waals surface area contributed by atoms with Crippen LogP contribution in [0.25, 0.3) is 0 Å². The van der Waals surface area contributed by atoms with Gasteiger partial charge in [0.15, 0.2) is 11.5 Å². The highest BCUT2D eigenvalue weighted by Gasteiger charge is 2.15. The number of amides is 1. The molecule has 110 valence electrons. The Labute approximate surface area is 118 Å². The molecule has 0 fully saturated rings. The maximum absolute atomic E-state index is 12.0. The van der Waals surface area contributed by atoms with Crippen LogP contribution in [-0.2, 0) is 9.53 Å². The van der Waals surface area contributed by atoms with Crippen LogP contribution in [0.3, 0.4) is 0 Å². The molecule has 6 nitrogen and oxygen atoms in total. The summed E-state index contributed by atoms with van der Waals surface area (Å²) in [5.41, 5.74) is 0.393. The van der Waals surface area contributed by atoms with Gasteiger partial charge in [0.25, 0.3) is 5.91 Å². The van der Waals surface area contributed by atoms with Gasteiger partial charge in [-0.25, -0.2) is 0 Å². The van der Waals surface area contributed by atoms with Crippen molar-refractivity contribution in [2.45, 2.75) is 12.8 Å². The van der Waals surface area contributed by atoms with Crippen LogP contribution in [0.5, 0.6) is 11.5 Å². The van der Waals surface area contributed by atoms with Gasteiger partial charge in [0.2, 0.25) is 0 Å². The van der Waals surface area contributed by atoms with E-state index >= 15 is 0 Å². The standard InChI is InChI=1S/C14H19NO5/c1-18-11-7-4-6-10(13(11)20-3)14(17)15-9-5-8-12(16)19-2/h4,6-7H,5,8-9H2,1-3H3,(H,15,17). The second-order valence-electron chi connectivity index (χ2n) is 3.98. The van der Waals surface area contributed by atoms with Crippen LogP contribution >= 0.6 is 0 Å². The molecule has 0 spiro atoms. The van der Waals surface area contributed by atoms with Gasteiger partial charge in [0, 0.05) is 13.0 Å². The van der Waals surface area contributed by atoms with Crippen LogP contribution in [0.2, 0.25) is 0 Å². The summed E-state index contributed by atoms with van der Waals surface area (Å²) < 4.78 is 14.8. The van der Waals surface area contributed by atoms with E-state index in [1.807, 2.05) is 0 Å². The number of hydrogen-bond acceptors (Lipinski definition) is 5. The fraction of sp³-hybridized carbons (Fsp3) is 0.429. The second-order valence-corrected chi connectivity index (χ2v) is 3.98. The Kier molecular flexibility index (Phi) is 6.36. The number of nitrogens with one attached hydrogen (secondary N) is 1. The van der Waals surface area contributed by atoms with Gasteiger partial charge in [0.05, 0.1) is 26.9 Å². The zero-order chi connectivity index (χ0) is 15.0. The minimum absolute atomic E-state index is 0.270. The van der Waals surface area contributed by atoms with Crippen molar-refractivity contribution in [3.05, 3.63) is 23.8 Å². The van der Waals surface area contributed by atoms with Crippen molar-refractivity contribution in [3.8, 4) is 11.5 Å². The predicted octanol–water partition coefficient (Wildman–Crippen LogP) is 1.39.